The van der Waals surface area contributed by atoms with Gasteiger partial charge in [0.1, 0.15) is 66.5 Å². The minimum atomic E-state index is -1.38. The maximum Gasteiger partial charge on any atom is 0.270 e. The predicted molar refractivity (Wildman–Crippen MR) is 383 cm³/mol. The van der Waals surface area contributed by atoms with E-state index < -0.39 is 155 Å². The Labute approximate surface area is 597 Å². The molecule has 1 aromatic carbocycles. The summed E-state index contributed by atoms with van der Waals surface area (Å²) in [6.45, 7) is 33.9. The zero-order valence-corrected chi connectivity index (χ0v) is 64.7. The maximum atomic E-state index is 15.4. The number of nitrogens with zero attached hydrogens (tertiary/aromatic N) is 8. The SMILES string of the molecule is CC[C@@H]1NC(=O)[C@@H]2[C@@H]([C@H](C)CCCc3ccc(C)cc3)ON2C(=O)[C@H](C(C)C)N(C)C(=O)[C@H](CC(C)C)N(C)C(=O)[C@H](CC(C)C)N(C)C(=O)[C@@H](C)NC(=O)[C@H](C)NC(=O)[C@H](CC(C)C)N(C)C(=O)[C@H](C(C)C)NC(=O)[C@H]([C@@H](C)OCCCCN2CCOCC2)N(C)C(=O)[C@@H](C)N(C)C1=O. The Morgan fingerprint density at radius 2 is 1.03 bits per heavy atom. The smallest absolute Gasteiger partial charge is 0.270 e. The first-order valence-corrected chi connectivity index (χ1v) is 36.6. The number of hydrogen-bond donors (Lipinski definition) is 4. The van der Waals surface area contributed by atoms with Crippen molar-refractivity contribution in [2.75, 3.05) is 81.7 Å². The molecule has 11 amide bonds. The number of hydroxylamine groups is 2. The molecule has 3 fully saturated rings. The number of hydrogen-bond acceptors (Lipinski definition) is 15. The lowest BCUT2D eigenvalue weighted by Crippen LogP contribution is -2.72. The molecule has 3 aliphatic rings. The van der Waals surface area contributed by atoms with Crippen LogP contribution in [-0.2, 0) is 73.5 Å². The standard InChI is InChI=1S/C74H126N12O14/c1-24-55-70(93)79(18)52(16)69(92)84(23)61(53(17)99-37-26-25-34-85-35-38-98-39-36-85)66(89)78-59(46(8)9)73(96)80(19)56(40-43(2)3)65(88)75-50(14)64(87)76-51(15)68(91)81(20)57(41-44(4)5)71(94)82(21)58(42-45(6)7)72(95)83(22)60(47(10)11)74(97)86-62(67(90)77-55)63(100-86)49(13)28-27-29-54-32-30-48(12)31-33-54/h30-33,43-47,49-53,55-63H,24-29,34-42H2,1-23H3,(H,75,88)(H,76,87)(H,77,90)(H,78,89)/t49-,50+,51-,52-,53-,55+,56+,57+,58+,59+,60+,61+,62+,63-/m1/s1. The van der Waals surface area contributed by atoms with Gasteiger partial charge in [0.2, 0.25) is 59.1 Å². The number of carbonyl (C=O) groups is 11. The molecule has 100 heavy (non-hydrogen) atoms. The van der Waals surface area contributed by atoms with Crippen LogP contribution >= 0.6 is 0 Å². The van der Waals surface area contributed by atoms with Crippen molar-refractivity contribution in [3.63, 3.8) is 0 Å². The molecule has 26 heteroatoms. The molecule has 14 atom stereocenters. The maximum absolute atomic E-state index is 15.4. The topological polar surface area (TPSA) is 290 Å². The number of nitrogens with one attached hydrogen (secondary N) is 4. The molecular weight excluding hydrogens is 1280 g/mol. The summed E-state index contributed by atoms with van der Waals surface area (Å²) in [5, 5.41) is 12.3. The molecule has 0 saturated carbocycles. The van der Waals surface area contributed by atoms with Crippen molar-refractivity contribution >= 4 is 65.0 Å². The van der Waals surface area contributed by atoms with Gasteiger partial charge in [0.05, 0.1) is 19.3 Å². The first-order valence-electron chi connectivity index (χ1n) is 36.6. The first kappa shape index (κ1) is 85.6. The van der Waals surface area contributed by atoms with Crippen molar-refractivity contribution in [3.05, 3.63) is 35.4 Å². The molecule has 3 saturated heterocycles. The fourth-order valence-electron chi connectivity index (χ4n) is 13.5. The number of rotatable bonds is 21. The van der Waals surface area contributed by atoms with Crippen LogP contribution in [0.3, 0.4) is 0 Å². The summed E-state index contributed by atoms with van der Waals surface area (Å²) < 4.78 is 11.9. The molecule has 3 heterocycles. The summed E-state index contributed by atoms with van der Waals surface area (Å²) in [5.74, 6) is -9.25. The Balaban J connectivity index is 1.88. The number of carbonyl (C=O) groups excluding carboxylic acids is 11. The lowest BCUT2D eigenvalue weighted by molar-refractivity contribution is -0.322. The second-order valence-electron chi connectivity index (χ2n) is 30.4. The summed E-state index contributed by atoms with van der Waals surface area (Å²) in [6, 6.07) is -5.38. The van der Waals surface area contributed by atoms with Gasteiger partial charge in [-0.15, -0.1) is 0 Å². The van der Waals surface area contributed by atoms with E-state index in [4.69, 9.17) is 14.3 Å². The lowest BCUT2D eigenvalue weighted by atomic mass is 9.88. The number of amides is 11. The van der Waals surface area contributed by atoms with Crippen LogP contribution in [0.4, 0.5) is 0 Å². The van der Waals surface area contributed by atoms with Gasteiger partial charge in [-0.25, -0.2) is 5.06 Å². The van der Waals surface area contributed by atoms with E-state index >= 15 is 28.8 Å². The minimum absolute atomic E-state index is 0.0501. The number of ether oxygens (including phenoxy) is 2. The fourth-order valence-corrected chi connectivity index (χ4v) is 13.5. The van der Waals surface area contributed by atoms with Crippen LogP contribution in [0.1, 0.15) is 173 Å². The van der Waals surface area contributed by atoms with Crippen molar-refractivity contribution in [2.45, 2.75) is 254 Å². The highest BCUT2D eigenvalue weighted by atomic mass is 16.7. The average molecular weight is 1410 g/mol. The molecule has 0 spiro atoms. The van der Waals surface area contributed by atoms with Crippen LogP contribution < -0.4 is 21.3 Å². The van der Waals surface area contributed by atoms with E-state index in [1.807, 2.05) is 67.5 Å². The van der Waals surface area contributed by atoms with E-state index in [0.717, 1.165) is 55.1 Å². The highest BCUT2D eigenvalue weighted by molar-refractivity contribution is 6.00. The number of likely N-dealkylation sites (N-methyl/N-ethyl adjacent to an activating group) is 6. The molecular formula is C74H126N12O14. The zero-order chi connectivity index (χ0) is 75.5. The molecule has 0 radical (unpaired) electrons. The van der Waals surface area contributed by atoms with E-state index in [0.29, 0.717) is 26.1 Å². The molecule has 26 nitrogen and oxygen atoms in total. The summed E-state index contributed by atoms with van der Waals surface area (Å²) in [7, 11) is 8.71. The summed E-state index contributed by atoms with van der Waals surface area (Å²) in [5.41, 5.74) is 2.26. The van der Waals surface area contributed by atoms with Crippen molar-refractivity contribution < 1.29 is 67.1 Å². The third-order valence-corrected chi connectivity index (χ3v) is 20.0. The third-order valence-electron chi connectivity index (χ3n) is 20.0. The monoisotopic (exact) mass is 1410 g/mol. The molecule has 0 bridgehead atoms. The Bertz CT molecular complexity index is 2910. The molecule has 4 rings (SSSR count). The Morgan fingerprint density at radius 1 is 0.510 bits per heavy atom. The van der Waals surface area contributed by atoms with Crippen molar-refractivity contribution in [3.8, 4) is 0 Å². The van der Waals surface area contributed by atoms with E-state index in [-0.39, 0.29) is 56.0 Å². The van der Waals surface area contributed by atoms with Crippen LogP contribution in [-0.4, -0.2) is 265 Å². The molecule has 0 aromatic heterocycles. The van der Waals surface area contributed by atoms with Gasteiger partial charge in [0.15, 0.2) is 6.04 Å². The highest BCUT2D eigenvalue weighted by Crippen LogP contribution is 2.34. The molecule has 3 aliphatic heterocycles. The van der Waals surface area contributed by atoms with Gasteiger partial charge in [-0.3, -0.25) is 62.5 Å². The first-order chi connectivity index (χ1) is 46.8. The lowest BCUT2D eigenvalue weighted by Gasteiger charge is -2.50. The Morgan fingerprint density at radius 3 is 1.57 bits per heavy atom. The van der Waals surface area contributed by atoms with Gasteiger partial charge < -0.3 is 60.1 Å². The molecule has 0 unspecified atom stereocenters. The fraction of sp³-hybridized carbons (Fsp3) is 0.770. The predicted octanol–water partition coefficient (Wildman–Crippen LogP) is 4.82. The zero-order valence-electron chi connectivity index (χ0n) is 64.7. The second-order valence-corrected chi connectivity index (χ2v) is 30.4. The van der Waals surface area contributed by atoms with E-state index in [9.17, 15) is 24.0 Å². The average Bonchev–Trinajstić information content (AvgIpc) is 0.753. The van der Waals surface area contributed by atoms with Gasteiger partial charge in [-0.05, 0) is 140 Å². The van der Waals surface area contributed by atoms with Gasteiger partial charge in [0, 0.05) is 62.0 Å². The number of morpholine rings is 1. The molecule has 0 aliphatic carbocycles. The van der Waals surface area contributed by atoms with Gasteiger partial charge in [0.25, 0.3) is 5.91 Å². The normalized spacial score (nSPS) is 27.5. The summed E-state index contributed by atoms with van der Waals surface area (Å²) in [4.78, 5) is 180. The third kappa shape index (κ3) is 23.1. The van der Waals surface area contributed by atoms with Crippen LogP contribution in [0.2, 0.25) is 0 Å². The number of aryl methyl sites for hydroxylation is 2. The molecule has 1 aromatic rings. The van der Waals surface area contributed by atoms with Gasteiger partial charge in [-0.2, -0.15) is 0 Å². The van der Waals surface area contributed by atoms with E-state index in [1.54, 1.807) is 41.5 Å². The minimum Gasteiger partial charge on any atom is -0.379 e. The molecule has 566 valence electrons. The number of fused-ring (bicyclic) bond motifs is 1. The van der Waals surface area contributed by atoms with Crippen LogP contribution in [0, 0.1) is 42.4 Å². The van der Waals surface area contributed by atoms with Crippen LogP contribution in [0.25, 0.3) is 0 Å². The summed E-state index contributed by atoms with van der Waals surface area (Å²) in [6.07, 6.45) is 2.12. The van der Waals surface area contributed by atoms with Crippen molar-refractivity contribution in [1.29, 1.82) is 0 Å². The number of benzene rings is 1. The van der Waals surface area contributed by atoms with Gasteiger partial charge in [-0.1, -0.05) is 113 Å². The largest absolute Gasteiger partial charge is 0.379 e. The van der Waals surface area contributed by atoms with Crippen molar-refractivity contribution in [2.24, 2.45) is 35.5 Å². The highest BCUT2D eigenvalue weighted by Gasteiger charge is 2.55. The Hall–Kier alpha value is -6.77. The van der Waals surface area contributed by atoms with Crippen LogP contribution in [0.15, 0.2) is 24.3 Å². The quantitative estimate of drug-likeness (QED) is 0.120. The van der Waals surface area contributed by atoms with E-state index in [2.05, 4.69) is 38.3 Å². The van der Waals surface area contributed by atoms with Crippen LogP contribution in [0.5, 0.6) is 0 Å². The van der Waals surface area contributed by atoms with E-state index in [1.165, 1.54) is 92.5 Å². The molecule has 4 N–H and O–H groups in total. The number of unbranched alkanes of at least 4 members (excludes halogenated alkanes) is 1. The Kier molecular flexibility index (Phi) is 33.9. The van der Waals surface area contributed by atoms with Crippen molar-refractivity contribution in [1.82, 2.24) is 60.6 Å². The second kappa shape index (κ2) is 39.6. The summed E-state index contributed by atoms with van der Waals surface area (Å²) >= 11 is 0. The van der Waals surface area contributed by atoms with Gasteiger partial charge >= 0.3 is 0 Å².